The molecule has 0 aromatic carbocycles. The Bertz CT molecular complexity index is 563. The Hall–Kier alpha value is -2.09. The summed E-state index contributed by atoms with van der Waals surface area (Å²) in [5.41, 5.74) is 2.41. The molecule has 1 aromatic rings. The van der Waals surface area contributed by atoms with Crippen LogP contribution in [0, 0.1) is 31.1 Å². The molecule has 2 rings (SSSR count). The zero-order chi connectivity index (χ0) is 14.7. The molecule has 0 spiro atoms. The Morgan fingerprint density at radius 2 is 2.30 bits per heavy atom. The van der Waals surface area contributed by atoms with E-state index in [-0.39, 0.29) is 11.9 Å². The van der Waals surface area contributed by atoms with Crippen LogP contribution >= 0.6 is 0 Å². The quantitative estimate of drug-likeness (QED) is 0.771. The number of hydrogen-bond donors (Lipinski definition) is 0. The molecular formula is C15H19N3O2. The fourth-order valence-corrected chi connectivity index (χ4v) is 2.71. The first-order valence-electron chi connectivity index (χ1n) is 6.78. The molecule has 1 unspecified atom stereocenters. The minimum Gasteiger partial charge on any atom is -0.469 e. The number of rotatable bonds is 2. The van der Waals surface area contributed by atoms with Gasteiger partial charge in [-0.05, 0) is 38.3 Å². The number of carbonyl (C=O) groups is 1. The molecule has 106 valence electrons. The van der Waals surface area contributed by atoms with Crippen molar-refractivity contribution >= 4 is 11.8 Å². The number of esters is 1. The molecule has 1 aliphatic heterocycles. The van der Waals surface area contributed by atoms with E-state index < -0.39 is 0 Å². The molecule has 5 nitrogen and oxygen atoms in total. The van der Waals surface area contributed by atoms with E-state index in [0.29, 0.717) is 17.9 Å². The minimum absolute atomic E-state index is 0.136. The predicted octanol–water partition coefficient (Wildman–Crippen LogP) is 1.96. The number of aryl methyl sites for hydroxylation is 2. The van der Waals surface area contributed by atoms with Crippen LogP contribution in [0.25, 0.3) is 0 Å². The summed E-state index contributed by atoms with van der Waals surface area (Å²) in [6, 6.07) is 4.13. The number of carbonyl (C=O) groups excluding carboxylic acids is 1. The van der Waals surface area contributed by atoms with Gasteiger partial charge in [-0.25, -0.2) is 4.98 Å². The number of piperidine rings is 1. The molecule has 0 saturated carbocycles. The van der Waals surface area contributed by atoms with Crippen LogP contribution < -0.4 is 4.90 Å². The molecule has 20 heavy (non-hydrogen) atoms. The molecule has 0 radical (unpaired) electrons. The van der Waals surface area contributed by atoms with Crippen LogP contribution in [0.2, 0.25) is 0 Å². The number of pyridine rings is 1. The summed E-state index contributed by atoms with van der Waals surface area (Å²) in [5, 5.41) is 9.33. The molecule has 5 heteroatoms. The lowest BCUT2D eigenvalue weighted by Crippen LogP contribution is -2.40. The topological polar surface area (TPSA) is 66.2 Å². The van der Waals surface area contributed by atoms with Gasteiger partial charge in [0.2, 0.25) is 0 Å². The van der Waals surface area contributed by atoms with Crippen molar-refractivity contribution in [3.05, 3.63) is 22.9 Å². The van der Waals surface area contributed by atoms with Crippen LogP contribution in [0.3, 0.4) is 0 Å². The second kappa shape index (κ2) is 5.91. The Kier molecular flexibility index (Phi) is 4.23. The maximum absolute atomic E-state index is 11.7. The van der Waals surface area contributed by atoms with Crippen LogP contribution in [0.4, 0.5) is 5.82 Å². The second-order valence-corrected chi connectivity index (χ2v) is 5.20. The first kappa shape index (κ1) is 14.3. The van der Waals surface area contributed by atoms with Gasteiger partial charge in [0.25, 0.3) is 0 Å². The van der Waals surface area contributed by atoms with Gasteiger partial charge >= 0.3 is 5.97 Å². The molecule has 1 aliphatic rings. The van der Waals surface area contributed by atoms with Gasteiger partial charge in [-0.3, -0.25) is 4.79 Å². The highest BCUT2D eigenvalue weighted by Gasteiger charge is 2.28. The van der Waals surface area contributed by atoms with E-state index in [1.165, 1.54) is 7.11 Å². The summed E-state index contributed by atoms with van der Waals surface area (Å²) >= 11 is 0. The lowest BCUT2D eigenvalue weighted by Gasteiger charge is -2.33. The summed E-state index contributed by atoms with van der Waals surface area (Å²) in [5.74, 6) is 0.374. The number of methoxy groups -OCH3 is 1. The Labute approximate surface area is 119 Å². The third kappa shape index (κ3) is 2.74. The van der Waals surface area contributed by atoms with E-state index >= 15 is 0 Å². The summed E-state index contributed by atoms with van der Waals surface area (Å²) in [6.07, 6.45) is 1.73. The number of anilines is 1. The highest BCUT2D eigenvalue weighted by atomic mass is 16.5. The third-order valence-electron chi connectivity index (χ3n) is 3.69. The molecule has 0 aliphatic carbocycles. The van der Waals surface area contributed by atoms with Gasteiger partial charge in [0.15, 0.2) is 0 Å². The minimum atomic E-state index is -0.183. The maximum Gasteiger partial charge on any atom is 0.310 e. The molecule has 1 saturated heterocycles. The van der Waals surface area contributed by atoms with Crippen molar-refractivity contribution in [3.8, 4) is 6.07 Å². The van der Waals surface area contributed by atoms with E-state index in [1.807, 2.05) is 24.8 Å². The van der Waals surface area contributed by atoms with E-state index in [4.69, 9.17) is 4.74 Å². The zero-order valence-corrected chi connectivity index (χ0v) is 12.1. The van der Waals surface area contributed by atoms with Gasteiger partial charge in [-0.1, -0.05) is 0 Å². The molecule has 0 N–H and O–H groups in total. The van der Waals surface area contributed by atoms with Crippen LogP contribution in [-0.2, 0) is 9.53 Å². The lowest BCUT2D eigenvalue weighted by atomic mass is 9.97. The first-order chi connectivity index (χ1) is 9.56. The number of ether oxygens (including phenoxy) is 1. The highest BCUT2D eigenvalue weighted by molar-refractivity contribution is 5.73. The van der Waals surface area contributed by atoms with E-state index in [1.54, 1.807) is 0 Å². The summed E-state index contributed by atoms with van der Waals surface area (Å²) in [6.45, 7) is 5.22. The second-order valence-electron chi connectivity index (χ2n) is 5.20. The van der Waals surface area contributed by atoms with Crippen molar-refractivity contribution in [1.82, 2.24) is 4.98 Å². The first-order valence-corrected chi connectivity index (χ1v) is 6.78. The smallest absolute Gasteiger partial charge is 0.310 e. The fourth-order valence-electron chi connectivity index (χ4n) is 2.71. The Morgan fingerprint density at radius 1 is 1.55 bits per heavy atom. The van der Waals surface area contributed by atoms with Crippen LogP contribution in [0.15, 0.2) is 6.07 Å². The van der Waals surface area contributed by atoms with Crippen molar-refractivity contribution in [2.24, 2.45) is 5.92 Å². The molecular weight excluding hydrogens is 254 g/mol. The molecule has 1 aromatic heterocycles. The summed E-state index contributed by atoms with van der Waals surface area (Å²) < 4.78 is 4.83. The summed E-state index contributed by atoms with van der Waals surface area (Å²) in [7, 11) is 1.41. The van der Waals surface area contributed by atoms with E-state index in [9.17, 15) is 10.1 Å². The molecule has 1 atom stereocenters. The average molecular weight is 273 g/mol. The monoisotopic (exact) mass is 273 g/mol. The Balaban J connectivity index is 2.32. The molecule has 2 heterocycles. The molecule has 1 fully saturated rings. The molecule has 0 amide bonds. The van der Waals surface area contributed by atoms with Crippen LogP contribution in [0.1, 0.15) is 29.7 Å². The van der Waals surface area contributed by atoms with Crippen molar-refractivity contribution in [2.75, 3.05) is 25.1 Å². The van der Waals surface area contributed by atoms with Gasteiger partial charge in [0.1, 0.15) is 11.9 Å². The standard InChI is InChI=1S/C15H19N3O2/c1-10-7-11(2)17-14(13(10)8-16)18-6-4-5-12(9-18)15(19)20-3/h7,12H,4-6,9H2,1-3H3. The van der Waals surface area contributed by atoms with Gasteiger partial charge in [-0.15, -0.1) is 0 Å². The van der Waals surface area contributed by atoms with Crippen molar-refractivity contribution < 1.29 is 9.53 Å². The zero-order valence-electron chi connectivity index (χ0n) is 12.1. The average Bonchev–Trinajstić information content (AvgIpc) is 2.45. The van der Waals surface area contributed by atoms with Crippen LogP contribution in [-0.4, -0.2) is 31.2 Å². The van der Waals surface area contributed by atoms with E-state index in [0.717, 1.165) is 30.6 Å². The molecule has 0 bridgehead atoms. The lowest BCUT2D eigenvalue weighted by molar-refractivity contribution is -0.145. The van der Waals surface area contributed by atoms with Crippen LogP contribution in [0.5, 0.6) is 0 Å². The predicted molar refractivity (Wildman–Crippen MR) is 75.4 cm³/mol. The van der Waals surface area contributed by atoms with E-state index in [2.05, 4.69) is 11.1 Å². The maximum atomic E-state index is 11.7. The Morgan fingerprint density at radius 3 is 2.95 bits per heavy atom. The number of aromatic nitrogens is 1. The number of nitrogens with zero attached hydrogens (tertiary/aromatic N) is 3. The SMILES string of the molecule is COC(=O)C1CCCN(c2nc(C)cc(C)c2C#N)C1. The highest BCUT2D eigenvalue weighted by Crippen LogP contribution is 2.27. The van der Waals surface area contributed by atoms with Gasteiger partial charge in [-0.2, -0.15) is 5.26 Å². The number of hydrogen-bond acceptors (Lipinski definition) is 5. The van der Waals surface area contributed by atoms with Gasteiger partial charge in [0, 0.05) is 18.8 Å². The van der Waals surface area contributed by atoms with Gasteiger partial charge < -0.3 is 9.64 Å². The van der Waals surface area contributed by atoms with Crippen molar-refractivity contribution in [3.63, 3.8) is 0 Å². The largest absolute Gasteiger partial charge is 0.469 e. The van der Waals surface area contributed by atoms with Gasteiger partial charge in [0.05, 0.1) is 18.6 Å². The summed E-state index contributed by atoms with van der Waals surface area (Å²) in [4.78, 5) is 18.2. The fraction of sp³-hybridized carbons (Fsp3) is 0.533. The third-order valence-corrected chi connectivity index (χ3v) is 3.69. The normalized spacial score (nSPS) is 18.5. The number of nitriles is 1. The van der Waals surface area contributed by atoms with Crippen molar-refractivity contribution in [2.45, 2.75) is 26.7 Å². The van der Waals surface area contributed by atoms with Crippen molar-refractivity contribution in [1.29, 1.82) is 5.26 Å².